The molecule has 4 nitrogen and oxygen atoms in total. The molecule has 0 saturated carbocycles. The zero-order valence-electron chi connectivity index (χ0n) is 14.6. The van der Waals surface area contributed by atoms with Crippen LogP contribution in [0, 0.1) is 0 Å². The van der Waals surface area contributed by atoms with E-state index < -0.39 is 8.32 Å². The Labute approximate surface area is 139 Å². The fourth-order valence-electron chi connectivity index (χ4n) is 1.90. The lowest BCUT2D eigenvalue weighted by molar-refractivity contribution is 0.276. The molecule has 2 aromatic rings. The Kier molecular flexibility index (Phi) is 5.34. The van der Waals surface area contributed by atoms with Gasteiger partial charge >= 0.3 is 0 Å². The Morgan fingerprint density at radius 3 is 2.04 bits per heavy atom. The molecule has 0 aliphatic rings. The summed E-state index contributed by atoms with van der Waals surface area (Å²) in [5, 5.41) is 9.44. The van der Waals surface area contributed by atoms with Crippen molar-refractivity contribution in [1.82, 2.24) is 9.97 Å². The van der Waals surface area contributed by atoms with Gasteiger partial charge in [0, 0.05) is 12.4 Å². The van der Waals surface area contributed by atoms with Gasteiger partial charge in [0.25, 0.3) is 0 Å². The molecule has 0 radical (unpaired) electrons. The number of nitrogens with zero attached hydrogens (tertiary/aromatic N) is 2. The largest absolute Gasteiger partial charge is 0.413 e. The molecule has 0 amide bonds. The minimum atomic E-state index is -1.77. The normalized spacial score (nSPS) is 12.4. The highest BCUT2D eigenvalue weighted by molar-refractivity contribution is 6.74. The second-order valence-corrected chi connectivity index (χ2v) is 12.1. The molecule has 0 aliphatic carbocycles. The van der Waals surface area contributed by atoms with Crippen LogP contribution in [0.2, 0.25) is 18.1 Å². The van der Waals surface area contributed by atoms with E-state index in [1.165, 1.54) is 0 Å². The van der Waals surface area contributed by atoms with Gasteiger partial charge in [0.1, 0.15) is 0 Å². The first-order valence-corrected chi connectivity index (χ1v) is 10.8. The number of aliphatic hydroxyl groups is 1. The van der Waals surface area contributed by atoms with Crippen molar-refractivity contribution in [1.29, 1.82) is 0 Å². The maximum atomic E-state index is 9.25. The van der Waals surface area contributed by atoms with Gasteiger partial charge in [-0.05, 0) is 53.5 Å². The van der Waals surface area contributed by atoms with Crippen molar-refractivity contribution in [3.05, 3.63) is 47.8 Å². The fourth-order valence-corrected chi connectivity index (χ4v) is 2.86. The van der Waals surface area contributed by atoms with Crippen molar-refractivity contribution >= 4 is 8.32 Å². The predicted octanol–water partition coefficient (Wildman–Crippen LogP) is 4.16. The summed E-state index contributed by atoms with van der Waals surface area (Å²) in [6.07, 6.45) is 3.48. The highest BCUT2D eigenvalue weighted by atomic mass is 28.4. The molecule has 1 N–H and O–H groups in total. The minimum Gasteiger partial charge on any atom is -0.413 e. The Morgan fingerprint density at radius 2 is 1.52 bits per heavy atom. The van der Waals surface area contributed by atoms with E-state index in [4.69, 9.17) is 4.43 Å². The van der Waals surface area contributed by atoms with Crippen molar-refractivity contribution < 1.29 is 9.53 Å². The van der Waals surface area contributed by atoms with Crippen molar-refractivity contribution in [2.45, 2.75) is 52.1 Å². The van der Waals surface area contributed by atoms with Crippen LogP contribution in [0.5, 0.6) is 0 Å². The molecule has 0 atom stereocenters. The van der Waals surface area contributed by atoms with Crippen molar-refractivity contribution in [3.8, 4) is 11.4 Å². The highest BCUT2D eigenvalue weighted by Crippen LogP contribution is 2.37. The van der Waals surface area contributed by atoms with E-state index >= 15 is 0 Å². The summed E-state index contributed by atoms with van der Waals surface area (Å²) in [6, 6.07) is 7.65. The Bertz CT molecular complexity index is 666. The standard InChI is InChI=1S/C18H26N2O2Si/c1-18(2,3)23(4,5)22-13-15-7-9-20-17(11-15)16-10-14(12-21)6-8-19-16/h6-11,21H,12-13H2,1-5H3. The zero-order chi connectivity index (χ0) is 17.1. The van der Waals surface area contributed by atoms with Crippen LogP contribution >= 0.6 is 0 Å². The van der Waals surface area contributed by atoms with Gasteiger partial charge in [-0.15, -0.1) is 0 Å². The molecule has 0 aliphatic heterocycles. The van der Waals surface area contributed by atoms with Crippen LogP contribution < -0.4 is 0 Å². The Balaban J connectivity index is 2.17. The summed E-state index contributed by atoms with van der Waals surface area (Å²) in [7, 11) is -1.77. The first-order chi connectivity index (χ1) is 10.7. The first kappa shape index (κ1) is 17.8. The second-order valence-electron chi connectivity index (χ2n) is 7.31. The monoisotopic (exact) mass is 330 g/mol. The molecular formula is C18H26N2O2Si. The lowest BCUT2D eigenvalue weighted by Gasteiger charge is -2.36. The molecule has 5 heteroatoms. The molecule has 124 valence electrons. The number of aliphatic hydroxyl groups excluding tert-OH is 1. The Morgan fingerprint density at radius 1 is 1.00 bits per heavy atom. The number of aromatic nitrogens is 2. The second kappa shape index (κ2) is 6.91. The van der Waals surface area contributed by atoms with Gasteiger partial charge < -0.3 is 9.53 Å². The quantitative estimate of drug-likeness (QED) is 0.837. The number of hydrogen-bond donors (Lipinski definition) is 1. The smallest absolute Gasteiger partial charge is 0.192 e. The first-order valence-electron chi connectivity index (χ1n) is 7.88. The lowest BCUT2D eigenvalue weighted by atomic mass is 10.1. The molecular weight excluding hydrogens is 304 g/mol. The topological polar surface area (TPSA) is 55.2 Å². The van der Waals surface area contributed by atoms with Gasteiger partial charge in [0.15, 0.2) is 8.32 Å². The molecule has 23 heavy (non-hydrogen) atoms. The summed E-state index contributed by atoms with van der Waals surface area (Å²) >= 11 is 0. The zero-order valence-corrected chi connectivity index (χ0v) is 15.6. The van der Waals surface area contributed by atoms with E-state index in [2.05, 4.69) is 43.8 Å². The molecule has 0 unspecified atom stereocenters. The molecule has 0 bridgehead atoms. The predicted molar refractivity (Wildman–Crippen MR) is 95.4 cm³/mol. The SMILES string of the molecule is CC(C)(C)[Si](C)(C)OCc1ccnc(-c2cc(CO)ccn2)c1. The summed E-state index contributed by atoms with van der Waals surface area (Å²) in [5.74, 6) is 0. The van der Waals surface area contributed by atoms with Crippen molar-refractivity contribution in [3.63, 3.8) is 0 Å². The molecule has 0 saturated heterocycles. The maximum absolute atomic E-state index is 9.25. The van der Waals surface area contributed by atoms with Crippen LogP contribution in [0.3, 0.4) is 0 Å². The van der Waals surface area contributed by atoms with E-state index in [9.17, 15) is 5.11 Å². The third kappa shape index (κ3) is 4.47. The number of rotatable bonds is 5. The van der Waals surface area contributed by atoms with E-state index in [0.29, 0.717) is 6.61 Å². The van der Waals surface area contributed by atoms with Gasteiger partial charge in [-0.3, -0.25) is 9.97 Å². The highest BCUT2D eigenvalue weighted by Gasteiger charge is 2.37. The van der Waals surface area contributed by atoms with Crippen molar-refractivity contribution in [2.75, 3.05) is 0 Å². The van der Waals surface area contributed by atoms with Gasteiger partial charge in [0.05, 0.1) is 24.6 Å². The van der Waals surface area contributed by atoms with Crippen molar-refractivity contribution in [2.24, 2.45) is 0 Å². The van der Waals surface area contributed by atoms with E-state index in [1.54, 1.807) is 18.5 Å². The lowest BCUT2D eigenvalue weighted by Crippen LogP contribution is -2.40. The molecule has 2 heterocycles. The summed E-state index contributed by atoms with van der Waals surface area (Å²) < 4.78 is 6.27. The molecule has 0 aromatic carbocycles. The third-order valence-electron chi connectivity index (χ3n) is 4.50. The fraction of sp³-hybridized carbons (Fsp3) is 0.444. The van der Waals surface area contributed by atoms with E-state index in [-0.39, 0.29) is 11.6 Å². The molecule has 0 fully saturated rings. The van der Waals surface area contributed by atoms with Gasteiger partial charge in [0.2, 0.25) is 0 Å². The third-order valence-corrected chi connectivity index (χ3v) is 8.98. The average molecular weight is 331 g/mol. The number of pyridine rings is 2. The van der Waals surface area contributed by atoms with Crippen LogP contribution in [-0.4, -0.2) is 23.4 Å². The maximum Gasteiger partial charge on any atom is 0.192 e. The summed E-state index contributed by atoms with van der Waals surface area (Å²) in [4.78, 5) is 8.73. The van der Waals surface area contributed by atoms with Gasteiger partial charge in [-0.1, -0.05) is 20.8 Å². The molecule has 2 aromatic heterocycles. The molecule has 2 rings (SSSR count). The van der Waals surface area contributed by atoms with Crippen LogP contribution in [0.25, 0.3) is 11.4 Å². The van der Waals surface area contributed by atoms with Crippen LogP contribution in [-0.2, 0) is 17.6 Å². The molecule has 0 spiro atoms. The minimum absolute atomic E-state index is 0.00366. The van der Waals surface area contributed by atoms with Gasteiger partial charge in [-0.25, -0.2) is 0 Å². The van der Waals surface area contributed by atoms with Crippen LogP contribution in [0.4, 0.5) is 0 Å². The Hall–Kier alpha value is -1.56. The van der Waals surface area contributed by atoms with Crippen LogP contribution in [0.15, 0.2) is 36.7 Å². The number of hydrogen-bond acceptors (Lipinski definition) is 4. The van der Waals surface area contributed by atoms with E-state index in [0.717, 1.165) is 22.5 Å². The van der Waals surface area contributed by atoms with Gasteiger partial charge in [-0.2, -0.15) is 0 Å². The van der Waals surface area contributed by atoms with Crippen LogP contribution in [0.1, 0.15) is 31.9 Å². The summed E-state index contributed by atoms with van der Waals surface area (Å²) in [6.45, 7) is 11.8. The average Bonchev–Trinajstić information content (AvgIpc) is 2.52. The summed E-state index contributed by atoms with van der Waals surface area (Å²) in [5.41, 5.74) is 3.50. The van der Waals surface area contributed by atoms with E-state index in [1.807, 2.05) is 18.2 Å².